The molecule has 0 atom stereocenters. The molecular weight excluding hydrogens is 361 g/mol. The van der Waals surface area contributed by atoms with E-state index in [0.717, 1.165) is 17.7 Å². The molecule has 2 aromatic carbocycles. The van der Waals surface area contributed by atoms with Gasteiger partial charge in [-0.25, -0.2) is 4.79 Å². The third-order valence-electron chi connectivity index (χ3n) is 4.30. The maximum Gasteiger partial charge on any atom is 0.431 e. The number of halogens is 3. The Morgan fingerprint density at radius 1 is 1.22 bits per heavy atom. The van der Waals surface area contributed by atoms with Crippen LogP contribution in [0.4, 0.5) is 13.2 Å². The fourth-order valence-electron chi connectivity index (χ4n) is 2.99. The van der Waals surface area contributed by atoms with Crippen molar-refractivity contribution in [2.45, 2.75) is 6.18 Å². The summed E-state index contributed by atoms with van der Waals surface area (Å²) in [4.78, 5) is 11.6. The van der Waals surface area contributed by atoms with Crippen LogP contribution in [0.5, 0.6) is 5.75 Å². The van der Waals surface area contributed by atoms with Gasteiger partial charge in [0.2, 0.25) is 0 Å². The predicted molar refractivity (Wildman–Crippen MR) is 91.1 cm³/mol. The summed E-state index contributed by atoms with van der Waals surface area (Å²) >= 11 is 0. The first-order valence-electron chi connectivity index (χ1n) is 7.70. The number of nitrogens with zero attached hydrogens (tertiary/aromatic N) is 2. The van der Waals surface area contributed by atoms with Gasteiger partial charge >= 0.3 is 12.1 Å². The number of rotatable bonds is 2. The molecule has 0 unspecified atom stereocenters. The SMILES string of the molecule is COC(=O)c1ccc(-c2cc(C#N)cc3c2cc(C(F)(F)F)n3C)cc1O. The van der Waals surface area contributed by atoms with Crippen molar-refractivity contribution in [1.82, 2.24) is 4.57 Å². The van der Waals surface area contributed by atoms with Gasteiger partial charge in [0.15, 0.2) is 0 Å². The highest BCUT2D eigenvalue weighted by Gasteiger charge is 2.35. The van der Waals surface area contributed by atoms with Crippen molar-refractivity contribution in [2.24, 2.45) is 7.05 Å². The molecular formula is C19H13F3N2O3. The zero-order valence-electron chi connectivity index (χ0n) is 14.3. The summed E-state index contributed by atoms with van der Waals surface area (Å²) in [5.41, 5.74) is 0.169. The van der Waals surface area contributed by atoms with Crippen LogP contribution in [0, 0.1) is 11.3 Å². The topological polar surface area (TPSA) is 75.2 Å². The summed E-state index contributed by atoms with van der Waals surface area (Å²) in [5.74, 6) is -1.11. The highest BCUT2D eigenvalue weighted by Crippen LogP contribution is 2.39. The second-order valence-corrected chi connectivity index (χ2v) is 5.88. The number of alkyl halides is 3. The zero-order chi connectivity index (χ0) is 19.9. The zero-order valence-corrected chi connectivity index (χ0v) is 14.3. The second kappa shape index (κ2) is 6.36. The monoisotopic (exact) mass is 374 g/mol. The van der Waals surface area contributed by atoms with Crippen LogP contribution in [-0.4, -0.2) is 22.8 Å². The molecule has 0 amide bonds. The average Bonchev–Trinajstić information content (AvgIpc) is 2.97. The molecule has 0 radical (unpaired) electrons. The Kier molecular flexibility index (Phi) is 4.31. The van der Waals surface area contributed by atoms with E-state index in [1.807, 2.05) is 6.07 Å². The van der Waals surface area contributed by atoms with Gasteiger partial charge in [0.1, 0.15) is 17.0 Å². The smallest absolute Gasteiger partial charge is 0.431 e. The standard InChI is InChI=1S/C19H13F3N2O3/c1-24-15-6-10(9-23)5-13(14(15)8-17(24)19(20,21)22)11-3-4-12(16(25)7-11)18(26)27-2/h3-8,25H,1-2H3. The van der Waals surface area contributed by atoms with Crippen LogP contribution in [0.2, 0.25) is 0 Å². The number of ether oxygens (including phenoxy) is 1. The first-order valence-corrected chi connectivity index (χ1v) is 7.70. The van der Waals surface area contributed by atoms with Crippen LogP contribution in [0.1, 0.15) is 21.6 Å². The maximum absolute atomic E-state index is 13.3. The number of aromatic nitrogens is 1. The minimum Gasteiger partial charge on any atom is -0.507 e. The van der Waals surface area contributed by atoms with E-state index >= 15 is 0 Å². The van der Waals surface area contributed by atoms with Gasteiger partial charge in [-0.05, 0) is 41.5 Å². The molecule has 1 N–H and O–H groups in total. The van der Waals surface area contributed by atoms with Crippen molar-refractivity contribution in [3.05, 3.63) is 53.2 Å². The van der Waals surface area contributed by atoms with Gasteiger partial charge in [-0.15, -0.1) is 0 Å². The normalized spacial score (nSPS) is 11.4. The van der Waals surface area contributed by atoms with E-state index in [4.69, 9.17) is 0 Å². The number of methoxy groups -OCH3 is 1. The van der Waals surface area contributed by atoms with Crippen LogP contribution >= 0.6 is 0 Å². The van der Waals surface area contributed by atoms with Gasteiger partial charge in [0.05, 0.1) is 24.3 Å². The Balaban J connectivity index is 2.30. The van der Waals surface area contributed by atoms with Crippen molar-refractivity contribution < 1.29 is 27.8 Å². The number of phenolic OH excluding ortho intramolecular Hbond substituents is 1. The quantitative estimate of drug-likeness (QED) is 0.681. The highest BCUT2D eigenvalue weighted by atomic mass is 19.4. The Morgan fingerprint density at radius 2 is 1.93 bits per heavy atom. The summed E-state index contributed by atoms with van der Waals surface area (Å²) in [5, 5.41) is 19.6. The number of esters is 1. The largest absolute Gasteiger partial charge is 0.507 e. The second-order valence-electron chi connectivity index (χ2n) is 5.88. The van der Waals surface area contributed by atoms with E-state index in [1.54, 1.807) is 0 Å². The lowest BCUT2D eigenvalue weighted by atomic mass is 9.97. The molecule has 0 bridgehead atoms. The van der Waals surface area contributed by atoms with Crippen LogP contribution < -0.4 is 0 Å². The van der Waals surface area contributed by atoms with Crippen molar-refractivity contribution in [3.8, 4) is 22.9 Å². The van der Waals surface area contributed by atoms with Crippen LogP contribution in [-0.2, 0) is 18.0 Å². The van der Waals surface area contributed by atoms with E-state index in [0.29, 0.717) is 11.1 Å². The molecule has 138 valence electrons. The summed E-state index contributed by atoms with van der Waals surface area (Å²) in [7, 11) is 2.44. The minimum absolute atomic E-state index is 0.0713. The highest BCUT2D eigenvalue weighted by molar-refractivity contribution is 5.99. The molecule has 1 heterocycles. The molecule has 3 rings (SSSR count). The fourth-order valence-corrected chi connectivity index (χ4v) is 2.99. The van der Waals surface area contributed by atoms with Crippen molar-refractivity contribution in [3.63, 3.8) is 0 Å². The number of aromatic hydroxyl groups is 1. The number of carbonyl (C=O) groups excluding carboxylic acids is 1. The third kappa shape index (κ3) is 3.08. The number of fused-ring (bicyclic) bond motifs is 1. The number of hydrogen-bond acceptors (Lipinski definition) is 4. The minimum atomic E-state index is -4.56. The Hall–Kier alpha value is -3.47. The predicted octanol–water partition coefficient (Wildman–Crippen LogP) is 4.23. The molecule has 0 aliphatic carbocycles. The Bertz CT molecular complexity index is 1110. The van der Waals surface area contributed by atoms with Crippen LogP contribution in [0.15, 0.2) is 36.4 Å². The lowest BCUT2D eigenvalue weighted by Crippen LogP contribution is -2.10. The van der Waals surface area contributed by atoms with Crippen LogP contribution in [0.3, 0.4) is 0 Å². The maximum atomic E-state index is 13.3. The summed E-state index contributed by atoms with van der Waals surface area (Å²) < 4.78 is 45.3. The number of nitriles is 1. The lowest BCUT2D eigenvalue weighted by Gasteiger charge is -2.09. The third-order valence-corrected chi connectivity index (χ3v) is 4.30. The number of carbonyl (C=O) groups is 1. The summed E-state index contributed by atoms with van der Waals surface area (Å²) in [6.07, 6.45) is -4.56. The van der Waals surface area contributed by atoms with E-state index in [-0.39, 0.29) is 27.8 Å². The van der Waals surface area contributed by atoms with Gasteiger partial charge in [-0.1, -0.05) is 6.07 Å². The molecule has 27 heavy (non-hydrogen) atoms. The number of aryl methyl sites for hydroxylation is 1. The van der Waals surface area contributed by atoms with Gasteiger partial charge in [-0.3, -0.25) is 0 Å². The van der Waals surface area contributed by atoms with Gasteiger partial charge in [-0.2, -0.15) is 18.4 Å². The molecule has 5 nitrogen and oxygen atoms in total. The summed E-state index contributed by atoms with van der Waals surface area (Å²) in [6, 6.07) is 9.78. The molecule has 3 aromatic rings. The number of phenols is 1. The summed E-state index contributed by atoms with van der Waals surface area (Å²) in [6.45, 7) is 0. The first kappa shape index (κ1) is 18.3. The van der Waals surface area contributed by atoms with Crippen LogP contribution in [0.25, 0.3) is 22.0 Å². The lowest BCUT2D eigenvalue weighted by molar-refractivity contribution is -0.142. The van der Waals surface area contributed by atoms with E-state index in [2.05, 4.69) is 4.74 Å². The van der Waals surface area contributed by atoms with E-state index in [9.17, 15) is 28.3 Å². The molecule has 0 spiro atoms. The van der Waals surface area contributed by atoms with Crippen molar-refractivity contribution in [1.29, 1.82) is 5.26 Å². The van der Waals surface area contributed by atoms with E-state index < -0.39 is 17.8 Å². The van der Waals surface area contributed by atoms with Crippen molar-refractivity contribution >= 4 is 16.9 Å². The first-order chi connectivity index (χ1) is 12.7. The van der Waals surface area contributed by atoms with E-state index in [1.165, 1.54) is 37.4 Å². The van der Waals surface area contributed by atoms with Gasteiger partial charge < -0.3 is 14.4 Å². The van der Waals surface area contributed by atoms with Gasteiger partial charge in [0, 0.05) is 12.4 Å². The number of hydrogen-bond donors (Lipinski definition) is 1. The Morgan fingerprint density at radius 3 is 2.48 bits per heavy atom. The molecule has 0 fully saturated rings. The molecule has 0 saturated carbocycles. The molecule has 0 aliphatic rings. The molecule has 1 aromatic heterocycles. The van der Waals surface area contributed by atoms with Gasteiger partial charge in [0.25, 0.3) is 0 Å². The Labute approximate surface area is 151 Å². The molecule has 8 heteroatoms. The number of benzene rings is 2. The van der Waals surface area contributed by atoms with Crippen molar-refractivity contribution in [2.75, 3.05) is 7.11 Å². The fraction of sp³-hybridized carbons (Fsp3) is 0.158. The molecule has 0 aliphatic heterocycles. The average molecular weight is 374 g/mol. The molecule has 0 saturated heterocycles.